The van der Waals surface area contributed by atoms with Gasteiger partial charge in [0.15, 0.2) is 0 Å². The highest BCUT2D eigenvalue weighted by Crippen LogP contribution is 2.39. The van der Waals surface area contributed by atoms with Crippen molar-refractivity contribution in [1.82, 2.24) is 0 Å². The smallest absolute Gasteiger partial charge is 0.261 e. The van der Waals surface area contributed by atoms with E-state index < -0.39 is 8.32 Å². The fraction of sp³-hybridized carbons (Fsp3) is 0.333. The van der Waals surface area contributed by atoms with E-state index in [4.69, 9.17) is 13.9 Å². The predicted octanol–water partition coefficient (Wildman–Crippen LogP) is 6.93. The summed E-state index contributed by atoms with van der Waals surface area (Å²) in [6, 6.07) is 29.5. The Morgan fingerprint density at radius 2 is 1.43 bits per heavy atom. The van der Waals surface area contributed by atoms with Crippen molar-refractivity contribution in [2.45, 2.75) is 51.9 Å². The summed E-state index contributed by atoms with van der Waals surface area (Å²) < 4.78 is 18.9. The third-order valence-corrected chi connectivity index (χ3v) is 11.9. The maximum Gasteiger partial charge on any atom is 0.261 e. The normalized spacial score (nSPS) is 13.5. The molecule has 3 rings (SSSR count). The van der Waals surface area contributed by atoms with Gasteiger partial charge < -0.3 is 13.9 Å². The van der Waals surface area contributed by atoms with Crippen LogP contribution in [0.25, 0.3) is 0 Å². The topological polar surface area (TPSA) is 27.7 Å². The van der Waals surface area contributed by atoms with Crippen LogP contribution in [-0.4, -0.2) is 28.1 Å². The zero-order valence-corrected chi connectivity index (χ0v) is 24.1. The minimum atomic E-state index is -2.75. The van der Waals surface area contributed by atoms with Crippen LogP contribution in [0.1, 0.15) is 39.7 Å². The second kappa shape index (κ2) is 13.0. The maximum absolute atomic E-state index is 7.48. The van der Waals surface area contributed by atoms with Crippen LogP contribution in [0.3, 0.4) is 0 Å². The first-order valence-corrected chi connectivity index (χ1v) is 14.9. The molecule has 3 nitrogen and oxygen atoms in total. The first kappa shape index (κ1) is 28.6. The van der Waals surface area contributed by atoms with Crippen LogP contribution >= 0.6 is 0 Å². The van der Waals surface area contributed by atoms with Crippen molar-refractivity contribution in [3.63, 3.8) is 0 Å². The molecule has 0 aromatic heterocycles. The summed E-state index contributed by atoms with van der Waals surface area (Å²) in [7, 11) is -1.07. The third kappa shape index (κ3) is 6.89. The SMILES string of the molecule is C=CC[C@H](C)[C@H](O[Si](c1ccccc1)(c1ccccc1)C(C)(C)C)C(=C)COCc1ccc(OC)cc1. The molecule has 0 fully saturated rings. The standard InChI is InChI=1S/C33H42O3Si/c1-8-15-26(2)32(27(3)24-35-25-28-20-22-29(34-7)23-21-28)36-37(33(4,5)6,30-16-11-9-12-17-30)31-18-13-10-14-19-31/h8-14,16-23,26,32H,1,3,15,24-25H2,2,4-7H3/t26-,32-/m0/s1. The van der Waals surface area contributed by atoms with Gasteiger partial charge in [0.25, 0.3) is 8.32 Å². The summed E-state index contributed by atoms with van der Waals surface area (Å²) >= 11 is 0. The number of allylic oxidation sites excluding steroid dienone is 1. The lowest BCUT2D eigenvalue weighted by atomic mass is 9.96. The Kier molecular flexibility index (Phi) is 10.1. The summed E-state index contributed by atoms with van der Waals surface area (Å²) in [4.78, 5) is 0. The lowest BCUT2D eigenvalue weighted by Gasteiger charge is -2.46. The first-order chi connectivity index (χ1) is 17.7. The maximum atomic E-state index is 7.48. The van der Waals surface area contributed by atoms with Gasteiger partial charge in [-0.15, -0.1) is 6.58 Å². The van der Waals surface area contributed by atoms with Crippen LogP contribution in [0.5, 0.6) is 5.75 Å². The fourth-order valence-corrected chi connectivity index (χ4v) is 9.77. The molecule has 0 radical (unpaired) electrons. The Balaban J connectivity index is 1.95. The average molecular weight is 515 g/mol. The van der Waals surface area contributed by atoms with Crippen molar-refractivity contribution in [2.75, 3.05) is 13.7 Å². The summed E-state index contributed by atoms with van der Waals surface area (Å²) in [5.41, 5.74) is 2.05. The van der Waals surface area contributed by atoms with Crippen molar-refractivity contribution >= 4 is 18.7 Å². The van der Waals surface area contributed by atoms with Crippen molar-refractivity contribution in [1.29, 1.82) is 0 Å². The molecule has 2 atom stereocenters. The fourth-order valence-electron chi connectivity index (χ4n) is 4.97. The van der Waals surface area contributed by atoms with Crippen LogP contribution < -0.4 is 15.1 Å². The molecule has 0 aliphatic heterocycles. The monoisotopic (exact) mass is 514 g/mol. The molecule has 196 valence electrons. The summed E-state index contributed by atoms with van der Waals surface area (Å²) in [6.07, 6.45) is 2.62. The van der Waals surface area contributed by atoms with Crippen LogP contribution in [0.2, 0.25) is 5.04 Å². The summed E-state index contributed by atoms with van der Waals surface area (Å²) in [5.74, 6) is 1.04. The first-order valence-electron chi connectivity index (χ1n) is 13.0. The van der Waals surface area contributed by atoms with E-state index in [2.05, 4.69) is 102 Å². The van der Waals surface area contributed by atoms with Gasteiger partial charge in [-0.2, -0.15) is 0 Å². The average Bonchev–Trinajstić information content (AvgIpc) is 2.90. The van der Waals surface area contributed by atoms with E-state index in [9.17, 15) is 0 Å². The molecule has 0 amide bonds. The Bertz CT molecular complexity index is 1080. The van der Waals surface area contributed by atoms with Gasteiger partial charge in [-0.05, 0) is 51.0 Å². The molecule has 4 heteroatoms. The highest BCUT2D eigenvalue weighted by molar-refractivity contribution is 6.99. The quantitative estimate of drug-likeness (QED) is 0.183. The second-order valence-electron chi connectivity index (χ2n) is 10.7. The molecule has 3 aromatic rings. The predicted molar refractivity (Wildman–Crippen MR) is 158 cm³/mol. The van der Waals surface area contributed by atoms with E-state index in [0.717, 1.165) is 23.3 Å². The molecular formula is C33H42O3Si. The lowest BCUT2D eigenvalue weighted by molar-refractivity contribution is 0.104. The van der Waals surface area contributed by atoms with Gasteiger partial charge >= 0.3 is 0 Å². The van der Waals surface area contributed by atoms with Crippen LogP contribution in [0, 0.1) is 5.92 Å². The van der Waals surface area contributed by atoms with Gasteiger partial charge in [0.1, 0.15) is 5.75 Å². The highest BCUT2D eigenvalue weighted by atomic mass is 28.4. The lowest BCUT2D eigenvalue weighted by Crippen LogP contribution is -2.68. The minimum absolute atomic E-state index is 0.119. The van der Waals surface area contributed by atoms with Crippen molar-refractivity contribution < 1.29 is 13.9 Å². The molecule has 0 saturated carbocycles. The largest absolute Gasteiger partial charge is 0.497 e. The van der Waals surface area contributed by atoms with Crippen molar-refractivity contribution in [2.24, 2.45) is 5.92 Å². The van der Waals surface area contributed by atoms with Crippen LogP contribution in [0.4, 0.5) is 0 Å². The summed E-state index contributed by atoms with van der Waals surface area (Å²) in [5, 5.41) is 2.40. The molecule has 0 aliphatic rings. The van der Waals surface area contributed by atoms with E-state index >= 15 is 0 Å². The third-order valence-electron chi connectivity index (χ3n) is 6.89. The number of methoxy groups -OCH3 is 1. The van der Waals surface area contributed by atoms with E-state index in [1.165, 1.54) is 10.4 Å². The van der Waals surface area contributed by atoms with E-state index in [-0.39, 0.29) is 17.1 Å². The Hall–Kier alpha value is -2.92. The zero-order chi connectivity index (χ0) is 26.9. The molecule has 0 aliphatic carbocycles. The highest BCUT2D eigenvalue weighted by Gasteiger charge is 2.52. The number of hydrogen-bond donors (Lipinski definition) is 0. The Labute approximate surface area is 224 Å². The Morgan fingerprint density at radius 1 is 0.892 bits per heavy atom. The molecule has 0 bridgehead atoms. The van der Waals surface area contributed by atoms with E-state index in [1.54, 1.807) is 7.11 Å². The number of hydrogen-bond acceptors (Lipinski definition) is 3. The molecule has 37 heavy (non-hydrogen) atoms. The number of ether oxygens (including phenoxy) is 2. The van der Waals surface area contributed by atoms with E-state index in [0.29, 0.717) is 13.2 Å². The second-order valence-corrected chi connectivity index (χ2v) is 15.0. The van der Waals surface area contributed by atoms with Gasteiger partial charge in [-0.1, -0.05) is 113 Å². The van der Waals surface area contributed by atoms with Gasteiger partial charge in [-0.25, -0.2) is 0 Å². The molecular weight excluding hydrogens is 472 g/mol. The van der Waals surface area contributed by atoms with Gasteiger partial charge in [-0.3, -0.25) is 0 Å². The van der Waals surface area contributed by atoms with Crippen LogP contribution in [0.15, 0.2) is 110 Å². The number of benzene rings is 3. The molecule has 0 N–H and O–H groups in total. The van der Waals surface area contributed by atoms with Crippen molar-refractivity contribution in [3.05, 3.63) is 115 Å². The van der Waals surface area contributed by atoms with Gasteiger partial charge in [0, 0.05) is 0 Å². The number of rotatable bonds is 13. The molecule has 0 unspecified atom stereocenters. The minimum Gasteiger partial charge on any atom is -0.497 e. The molecule has 0 saturated heterocycles. The molecule has 0 heterocycles. The van der Waals surface area contributed by atoms with E-state index in [1.807, 2.05) is 30.3 Å². The molecule has 3 aromatic carbocycles. The van der Waals surface area contributed by atoms with Gasteiger partial charge in [0.05, 0.1) is 26.4 Å². The Morgan fingerprint density at radius 3 is 1.89 bits per heavy atom. The van der Waals surface area contributed by atoms with Crippen molar-refractivity contribution in [3.8, 4) is 5.75 Å². The van der Waals surface area contributed by atoms with Crippen LogP contribution in [-0.2, 0) is 15.8 Å². The van der Waals surface area contributed by atoms with Gasteiger partial charge in [0.2, 0.25) is 0 Å². The molecule has 0 spiro atoms. The zero-order valence-electron chi connectivity index (χ0n) is 23.1. The summed E-state index contributed by atoms with van der Waals surface area (Å²) in [6.45, 7) is 18.6.